The molecule has 2 aromatic carbocycles. The summed E-state index contributed by atoms with van der Waals surface area (Å²) in [6.07, 6.45) is 1.20. The van der Waals surface area contributed by atoms with Crippen molar-refractivity contribution in [1.82, 2.24) is 15.0 Å². The lowest BCUT2D eigenvalue weighted by atomic mass is 10.1. The second-order valence-electron chi connectivity index (χ2n) is 6.53. The molecule has 2 heterocycles. The van der Waals surface area contributed by atoms with Gasteiger partial charge in [-0.1, -0.05) is 57.0 Å². The zero-order chi connectivity index (χ0) is 18.1. The van der Waals surface area contributed by atoms with E-state index in [0.29, 0.717) is 31.1 Å². The van der Waals surface area contributed by atoms with E-state index in [2.05, 4.69) is 26.1 Å². The van der Waals surface area contributed by atoms with Crippen LogP contribution in [0.2, 0.25) is 0 Å². The fourth-order valence-electron chi connectivity index (χ4n) is 3.25. The van der Waals surface area contributed by atoms with Gasteiger partial charge in [-0.25, -0.2) is 0 Å². The Kier molecular flexibility index (Phi) is 4.59. The molecule has 0 bridgehead atoms. The summed E-state index contributed by atoms with van der Waals surface area (Å²) in [7, 11) is 0. The van der Waals surface area contributed by atoms with Gasteiger partial charge in [0.25, 0.3) is 0 Å². The van der Waals surface area contributed by atoms with Crippen molar-refractivity contribution in [3.8, 4) is 11.4 Å². The number of benzene rings is 2. The van der Waals surface area contributed by atoms with Crippen molar-refractivity contribution in [1.29, 1.82) is 0 Å². The molecule has 1 aliphatic rings. The van der Waals surface area contributed by atoms with Gasteiger partial charge in [0, 0.05) is 23.0 Å². The molecule has 4 rings (SSSR count). The summed E-state index contributed by atoms with van der Waals surface area (Å²) in [5.41, 5.74) is 3.14. The smallest absolute Gasteiger partial charge is 0.249 e. The number of aromatic nitrogens is 2. The van der Waals surface area contributed by atoms with Crippen LogP contribution >= 0.6 is 15.9 Å². The highest BCUT2D eigenvalue weighted by Gasteiger charge is 2.36. The maximum atomic E-state index is 12.4. The largest absolute Gasteiger partial charge is 0.337 e. The molecule has 132 valence electrons. The number of nitrogens with zero attached hydrogens (tertiary/aromatic N) is 3. The number of aryl methyl sites for hydroxylation is 1. The highest BCUT2D eigenvalue weighted by Crippen LogP contribution is 2.34. The van der Waals surface area contributed by atoms with Crippen LogP contribution < -0.4 is 0 Å². The van der Waals surface area contributed by atoms with E-state index in [1.54, 1.807) is 0 Å². The molecule has 26 heavy (non-hydrogen) atoms. The van der Waals surface area contributed by atoms with Gasteiger partial charge in [-0.05, 0) is 37.1 Å². The summed E-state index contributed by atoms with van der Waals surface area (Å²) in [6.45, 7) is 2.57. The van der Waals surface area contributed by atoms with Gasteiger partial charge >= 0.3 is 0 Å². The van der Waals surface area contributed by atoms with Gasteiger partial charge < -0.3 is 9.42 Å². The van der Waals surface area contributed by atoms with Gasteiger partial charge in [-0.3, -0.25) is 4.79 Å². The van der Waals surface area contributed by atoms with E-state index < -0.39 is 0 Å². The van der Waals surface area contributed by atoms with E-state index >= 15 is 0 Å². The second kappa shape index (κ2) is 7.03. The highest BCUT2D eigenvalue weighted by atomic mass is 79.9. The van der Waals surface area contributed by atoms with Gasteiger partial charge in [0.05, 0.1) is 0 Å². The summed E-state index contributed by atoms with van der Waals surface area (Å²) in [4.78, 5) is 18.8. The molecule has 5 nitrogen and oxygen atoms in total. The lowest BCUT2D eigenvalue weighted by Gasteiger charge is -2.22. The number of halogens is 1. The molecule has 1 aromatic heterocycles. The third-order valence-electron chi connectivity index (χ3n) is 4.60. The molecule has 0 spiro atoms. The maximum Gasteiger partial charge on any atom is 0.249 e. The number of carbonyl (C=O) groups is 1. The van der Waals surface area contributed by atoms with Crippen molar-refractivity contribution in [2.24, 2.45) is 0 Å². The second-order valence-corrected chi connectivity index (χ2v) is 7.44. The van der Waals surface area contributed by atoms with Crippen LogP contribution in [0.3, 0.4) is 0 Å². The predicted molar refractivity (Wildman–Crippen MR) is 101 cm³/mol. The molecule has 0 aliphatic carbocycles. The summed E-state index contributed by atoms with van der Waals surface area (Å²) < 4.78 is 6.53. The Labute approximate surface area is 160 Å². The summed E-state index contributed by atoms with van der Waals surface area (Å²) >= 11 is 3.43. The molecular formula is C20H18BrN3O2. The Bertz CT molecular complexity index is 936. The topological polar surface area (TPSA) is 59.2 Å². The van der Waals surface area contributed by atoms with Crippen LogP contribution in [0, 0.1) is 6.92 Å². The number of carbonyl (C=O) groups excluding carboxylic acids is 1. The molecule has 6 heteroatoms. The Morgan fingerprint density at radius 1 is 1.23 bits per heavy atom. The minimum absolute atomic E-state index is 0.119. The minimum Gasteiger partial charge on any atom is -0.337 e. The van der Waals surface area contributed by atoms with E-state index in [4.69, 9.17) is 4.52 Å². The van der Waals surface area contributed by atoms with Crippen LogP contribution in [0.5, 0.6) is 0 Å². The molecule has 1 fully saturated rings. The van der Waals surface area contributed by atoms with Crippen molar-refractivity contribution in [3.63, 3.8) is 0 Å². The van der Waals surface area contributed by atoms with Crippen LogP contribution in [0.1, 0.15) is 35.9 Å². The fourth-order valence-corrected chi connectivity index (χ4v) is 3.51. The fraction of sp³-hybridized carbons (Fsp3) is 0.250. The van der Waals surface area contributed by atoms with Gasteiger partial charge in [0.2, 0.25) is 17.6 Å². The van der Waals surface area contributed by atoms with E-state index in [1.807, 2.05) is 60.4 Å². The average Bonchev–Trinajstić information content (AvgIpc) is 3.25. The first kappa shape index (κ1) is 17.0. The summed E-state index contributed by atoms with van der Waals surface area (Å²) in [5, 5.41) is 4.12. The zero-order valence-corrected chi connectivity index (χ0v) is 15.9. The van der Waals surface area contributed by atoms with E-state index in [9.17, 15) is 4.79 Å². The van der Waals surface area contributed by atoms with Gasteiger partial charge in [0.15, 0.2) is 0 Å². The number of amides is 1. The van der Waals surface area contributed by atoms with Gasteiger partial charge in [-0.15, -0.1) is 0 Å². The Morgan fingerprint density at radius 2 is 2.04 bits per heavy atom. The number of likely N-dealkylation sites (tertiary alicyclic amines) is 1. The molecule has 1 atom stereocenters. The maximum absolute atomic E-state index is 12.4. The Hall–Kier alpha value is -2.47. The third-order valence-corrected chi connectivity index (χ3v) is 5.13. The zero-order valence-electron chi connectivity index (χ0n) is 14.4. The predicted octanol–water partition coefficient (Wildman–Crippen LogP) is 4.67. The van der Waals surface area contributed by atoms with E-state index in [-0.39, 0.29) is 11.9 Å². The molecule has 3 aromatic rings. The first-order chi connectivity index (χ1) is 12.6. The minimum atomic E-state index is -0.169. The van der Waals surface area contributed by atoms with Gasteiger partial charge in [0.1, 0.15) is 6.04 Å². The SMILES string of the molecule is Cc1cccc(-c2noc(C3CCC(=O)N3Cc3ccc(Br)cc3)n2)c1. The van der Waals surface area contributed by atoms with E-state index in [0.717, 1.165) is 21.2 Å². The normalized spacial score (nSPS) is 17.1. The Morgan fingerprint density at radius 3 is 2.81 bits per heavy atom. The molecule has 1 aliphatic heterocycles. The number of hydrogen-bond acceptors (Lipinski definition) is 4. The van der Waals surface area contributed by atoms with Crippen molar-refractivity contribution in [2.75, 3.05) is 0 Å². The molecular weight excluding hydrogens is 394 g/mol. The van der Waals surface area contributed by atoms with Crippen LogP contribution in [0.15, 0.2) is 57.5 Å². The lowest BCUT2D eigenvalue weighted by Crippen LogP contribution is -2.27. The monoisotopic (exact) mass is 411 g/mol. The van der Waals surface area contributed by atoms with Crippen molar-refractivity contribution >= 4 is 21.8 Å². The van der Waals surface area contributed by atoms with Crippen molar-refractivity contribution in [3.05, 3.63) is 70.0 Å². The first-order valence-electron chi connectivity index (χ1n) is 8.55. The van der Waals surface area contributed by atoms with Gasteiger partial charge in [-0.2, -0.15) is 4.98 Å². The number of rotatable bonds is 4. The average molecular weight is 412 g/mol. The molecule has 1 amide bonds. The third kappa shape index (κ3) is 3.42. The summed E-state index contributed by atoms with van der Waals surface area (Å²) in [5.74, 6) is 1.18. The molecule has 0 N–H and O–H groups in total. The molecule has 0 radical (unpaired) electrons. The van der Waals surface area contributed by atoms with Crippen LogP contribution in [-0.2, 0) is 11.3 Å². The number of hydrogen-bond donors (Lipinski definition) is 0. The lowest BCUT2D eigenvalue weighted by molar-refractivity contribution is -0.129. The quantitative estimate of drug-likeness (QED) is 0.625. The molecule has 1 unspecified atom stereocenters. The highest BCUT2D eigenvalue weighted by molar-refractivity contribution is 9.10. The summed E-state index contributed by atoms with van der Waals surface area (Å²) in [6, 6.07) is 15.8. The Balaban J connectivity index is 1.58. The molecule has 1 saturated heterocycles. The van der Waals surface area contributed by atoms with Crippen molar-refractivity contribution in [2.45, 2.75) is 32.4 Å². The standard InChI is InChI=1S/C20H18BrN3O2/c1-13-3-2-4-15(11-13)19-22-20(26-23-19)17-9-10-18(25)24(17)12-14-5-7-16(21)8-6-14/h2-8,11,17H,9-10,12H2,1H3. The van der Waals surface area contributed by atoms with Crippen LogP contribution in [0.4, 0.5) is 0 Å². The van der Waals surface area contributed by atoms with E-state index in [1.165, 1.54) is 0 Å². The first-order valence-corrected chi connectivity index (χ1v) is 9.34. The molecule has 0 saturated carbocycles. The van der Waals surface area contributed by atoms with Crippen molar-refractivity contribution < 1.29 is 9.32 Å². The van der Waals surface area contributed by atoms with Crippen LogP contribution in [-0.4, -0.2) is 20.9 Å². The van der Waals surface area contributed by atoms with Crippen LogP contribution in [0.25, 0.3) is 11.4 Å².